The van der Waals surface area contributed by atoms with Gasteiger partial charge in [0.15, 0.2) is 0 Å². The maximum Gasteiger partial charge on any atom is 0.137 e. The van der Waals surface area contributed by atoms with Crippen LogP contribution >= 0.6 is 0 Å². The zero-order chi connectivity index (χ0) is 11.5. The molecule has 1 N–H and O–H groups in total. The van der Waals surface area contributed by atoms with E-state index >= 15 is 0 Å². The fraction of sp³-hybridized carbons (Fsp3) is 0.231. The van der Waals surface area contributed by atoms with Gasteiger partial charge in [0.1, 0.15) is 11.9 Å². The van der Waals surface area contributed by atoms with Crippen molar-refractivity contribution < 1.29 is 9.52 Å². The van der Waals surface area contributed by atoms with Crippen LogP contribution in [0.1, 0.15) is 17.4 Å². The van der Waals surface area contributed by atoms with E-state index in [1.165, 1.54) is 0 Å². The van der Waals surface area contributed by atoms with Crippen molar-refractivity contribution in [1.82, 2.24) is 0 Å². The van der Waals surface area contributed by atoms with E-state index in [4.69, 9.17) is 4.42 Å². The average molecular weight is 217 g/mol. The summed E-state index contributed by atoms with van der Waals surface area (Å²) in [6.45, 7) is 0. The van der Waals surface area contributed by atoms with Gasteiger partial charge in [0.25, 0.3) is 0 Å². The Balaban J connectivity index is 2.22. The monoisotopic (exact) mass is 217 g/mol. The van der Waals surface area contributed by atoms with Crippen LogP contribution in [0.4, 0.5) is 5.69 Å². The molecular formula is C13H15NO2. The van der Waals surface area contributed by atoms with Crippen molar-refractivity contribution >= 4 is 5.69 Å². The van der Waals surface area contributed by atoms with Crippen LogP contribution in [0.25, 0.3) is 0 Å². The lowest BCUT2D eigenvalue weighted by atomic mass is 10.1. The van der Waals surface area contributed by atoms with Gasteiger partial charge in [-0.1, -0.05) is 12.1 Å². The summed E-state index contributed by atoms with van der Waals surface area (Å²) in [6.07, 6.45) is 0.874. The molecule has 84 valence electrons. The molecule has 3 heteroatoms. The van der Waals surface area contributed by atoms with E-state index in [2.05, 4.69) is 0 Å². The first kappa shape index (κ1) is 10.8. The highest BCUT2D eigenvalue weighted by Crippen LogP contribution is 2.23. The summed E-state index contributed by atoms with van der Waals surface area (Å²) < 4.78 is 5.17. The zero-order valence-corrected chi connectivity index (χ0v) is 9.42. The van der Waals surface area contributed by atoms with Crippen LogP contribution in [0, 0.1) is 0 Å². The van der Waals surface area contributed by atoms with Gasteiger partial charge in [0, 0.05) is 19.8 Å². The molecule has 0 radical (unpaired) electrons. The largest absolute Gasteiger partial charge is 0.466 e. The molecule has 2 aromatic rings. The summed E-state index contributed by atoms with van der Waals surface area (Å²) in [5.41, 5.74) is 1.94. The van der Waals surface area contributed by atoms with E-state index in [1.54, 1.807) is 18.4 Å². The number of rotatable bonds is 3. The summed E-state index contributed by atoms with van der Waals surface area (Å²) in [7, 11) is 3.97. The molecule has 1 aromatic carbocycles. The smallest absolute Gasteiger partial charge is 0.137 e. The fourth-order valence-electron chi connectivity index (χ4n) is 1.57. The summed E-state index contributed by atoms with van der Waals surface area (Å²) in [5, 5.41) is 10.0. The molecule has 0 aliphatic rings. The quantitative estimate of drug-likeness (QED) is 0.857. The number of furan rings is 1. The maximum absolute atomic E-state index is 10.0. The molecule has 0 aliphatic carbocycles. The lowest BCUT2D eigenvalue weighted by Gasteiger charge is -2.14. The highest BCUT2D eigenvalue weighted by Gasteiger charge is 2.12. The van der Waals surface area contributed by atoms with Crippen molar-refractivity contribution in [3.8, 4) is 0 Å². The van der Waals surface area contributed by atoms with Crippen LogP contribution < -0.4 is 4.90 Å². The third kappa shape index (κ3) is 2.09. The normalized spacial score (nSPS) is 12.4. The highest BCUT2D eigenvalue weighted by molar-refractivity contribution is 5.46. The number of aliphatic hydroxyl groups is 1. The number of anilines is 1. The second kappa shape index (κ2) is 4.41. The topological polar surface area (TPSA) is 36.6 Å². The van der Waals surface area contributed by atoms with Crippen LogP contribution in [0.15, 0.2) is 47.1 Å². The molecule has 0 saturated heterocycles. The van der Waals surface area contributed by atoms with Crippen LogP contribution in [-0.4, -0.2) is 19.2 Å². The van der Waals surface area contributed by atoms with Gasteiger partial charge in [-0.2, -0.15) is 0 Å². The molecule has 0 saturated carbocycles. The number of hydrogen-bond donors (Lipinski definition) is 1. The first-order chi connectivity index (χ1) is 7.68. The lowest BCUT2D eigenvalue weighted by molar-refractivity contribution is 0.189. The Kier molecular flexibility index (Phi) is 2.97. The third-order valence-electron chi connectivity index (χ3n) is 2.54. The lowest BCUT2D eigenvalue weighted by Crippen LogP contribution is -2.08. The van der Waals surface area contributed by atoms with Gasteiger partial charge in [-0.3, -0.25) is 0 Å². The van der Waals surface area contributed by atoms with Crippen LogP contribution in [0.5, 0.6) is 0 Å². The minimum Gasteiger partial charge on any atom is -0.466 e. The number of aliphatic hydroxyl groups excluding tert-OH is 1. The Bertz CT molecular complexity index is 431. The Morgan fingerprint density at radius 2 is 1.81 bits per heavy atom. The van der Waals surface area contributed by atoms with Crippen molar-refractivity contribution in [2.24, 2.45) is 0 Å². The van der Waals surface area contributed by atoms with E-state index in [1.807, 2.05) is 43.3 Å². The van der Waals surface area contributed by atoms with Gasteiger partial charge in [-0.15, -0.1) is 0 Å². The number of nitrogens with zero attached hydrogens (tertiary/aromatic N) is 1. The minimum atomic E-state index is -0.689. The molecule has 1 heterocycles. The molecule has 16 heavy (non-hydrogen) atoms. The van der Waals surface area contributed by atoms with E-state index in [-0.39, 0.29) is 0 Å². The van der Waals surface area contributed by atoms with Gasteiger partial charge in [0.2, 0.25) is 0 Å². The van der Waals surface area contributed by atoms with Gasteiger partial charge in [0.05, 0.1) is 6.26 Å². The van der Waals surface area contributed by atoms with E-state index in [0.717, 1.165) is 11.3 Å². The summed E-state index contributed by atoms with van der Waals surface area (Å²) in [5.74, 6) is 0.567. The summed E-state index contributed by atoms with van der Waals surface area (Å²) >= 11 is 0. The Hall–Kier alpha value is -1.74. The van der Waals surface area contributed by atoms with Crippen molar-refractivity contribution in [2.45, 2.75) is 6.10 Å². The standard InChI is InChI=1S/C13H15NO2/c1-14(2)11-7-5-10(6-8-11)13(15)12-4-3-9-16-12/h3-9,13,15H,1-2H3. The van der Waals surface area contributed by atoms with Crippen molar-refractivity contribution in [3.05, 3.63) is 54.0 Å². The molecular weight excluding hydrogens is 202 g/mol. The molecule has 0 fully saturated rings. The van der Waals surface area contributed by atoms with Gasteiger partial charge in [-0.25, -0.2) is 0 Å². The Labute approximate surface area is 94.9 Å². The van der Waals surface area contributed by atoms with E-state index in [9.17, 15) is 5.11 Å². The maximum atomic E-state index is 10.0. The molecule has 0 bridgehead atoms. The molecule has 1 aromatic heterocycles. The van der Waals surface area contributed by atoms with Gasteiger partial charge >= 0.3 is 0 Å². The molecule has 1 atom stereocenters. The summed E-state index contributed by atoms with van der Waals surface area (Å²) in [6, 6.07) is 11.3. The van der Waals surface area contributed by atoms with E-state index < -0.39 is 6.10 Å². The van der Waals surface area contributed by atoms with Crippen LogP contribution in [0.2, 0.25) is 0 Å². The first-order valence-electron chi connectivity index (χ1n) is 5.17. The van der Waals surface area contributed by atoms with Crippen LogP contribution in [0.3, 0.4) is 0 Å². The predicted molar refractivity (Wildman–Crippen MR) is 63.5 cm³/mol. The molecule has 0 spiro atoms. The molecule has 0 aliphatic heterocycles. The summed E-state index contributed by atoms with van der Waals surface area (Å²) in [4.78, 5) is 2.02. The fourth-order valence-corrected chi connectivity index (χ4v) is 1.57. The minimum absolute atomic E-state index is 0.567. The average Bonchev–Trinajstić information content (AvgIpc) is 2.81. The molecule has 0 amide bonds. The predicted octanol–water partition coefficient (Wildman–Crippen LogP) is 2.43. The number of benzene rings is 1. The van der Waals surface area contributed by atoms with Crippen molar-refractivity contribution in [2.75, 3.05) is 19.0 Å². The molecule has 1 unspecified atom stereocenters. The Morgan fingerprint density at radius 1 is 1.12 bits per heavy atom. The van der Waals surface area contributed by atoms with Gasteiger partial charge in [-0.05, 0) is 29.8 Å². The second-order valence-corrected chi connectivity index (χ2v) is 3.90. The molecule has 3 nitrogen and oxygen atoms in total. The zero-order valence-electron chi connectivity index (χ0n) is 9.42. The van der Waals surface area contributed by atoms with Crippen molar-refractivity contribution in [3.63, 3.8) is 0 Å². The highest BCUT2D eigenvalue weighted by atomic mass is 16.4. The Morgan fingerprint density at radius 3 is 2.31 bits per heavy atom. The van der Waals surface area contributed by atoms with Crippen LogP contribution in [-0.2, 0) is 0 Å². The second-order valence-electron chi connectivity index (χ2n) is 3.90. The first-order valence-corrected chi connectivity index (χ1v) is 5.17. The number of hydrogen-bond acceptors (Lipinski definition) is 3. The van der Waals surface area contributed by atoms with Crippen molar-refractivity contribution in [1.29, 1.82) is 0 Å². The SMILES string of the molecule is CN(C)c1ccc(C(O)c2ccco2)cc1. The van der Waals surface area contributed by atoms with Gasteiger partial charge < -0.3 is 14.4 Å². The van der Waals surface area contributed by atoms with E-state index in [0.29, 0.717) is 5.76 Å². The molecule has 2 rings (SSSR count). The third-order valence-corrected chi connectivity index (χ3v) is 2.54.